The third kappa shape index (κ3) is 4.93. The number of rotatable bonds is 6. The molecule has 0 unspecified atom stereocenters. The second-order valence-electron chi connectivity index (χ2n) is 6.05. The number of hydrogen-bond donors (Lipinski definition) is 2. The predicted molar refractivity (Wildman–Crippen MR) is 94.8 cm³/mol. The number of benzene rings is 1. The highest BCUT2D eigenvalue weighted by Gasteiger charge is 2.24. The van der Waals surface area contributed by atoms with Crippen molar-refractivity contribution in [3.63, 3.8) is 0 Å². The number of ether oxygens (including phenoxy) is 1. The van der Waals surface area contributed by atoms with Crippen LogP contribution in [0.5, 0.6) is 5.75 Å². The van der Waals surface area contributed by atoms with E-state index in [0.717, 1.165) is 6.42 Å². The van der Waals surface area contributed by atoms with Crippen molar-refractivity contribution < 1.29 is 19.1 Å². The van der Waals surface area contributed by atoms with Crippen LogP contribution in [0.15, 0.2) is 18.2 Å². The van der Waals surface area contributed by atoms with Gasteiger partial charge in [-0.15, -0.1) is 0 Å². The van der Waals surface area contributed by atoms with Crippen LogP contribution in [0.4, 0.5) is 11.4 Å². The van der Waals surface area contributed by atoms with E-state index in [-0.39, 0.29) is 5.91 Å². The first-order valence-electron chi connectivity index (χ1n) is 8.14. The van der Waals surface area contributed by atoms with Gasteiger partial charge in [0.05, 0.1) is 12.8 Å². The molecule has 1 heterocycles. The summed E-state index contributed by atoms with van der Waals surface area (Å²) in [4.78, 5) is 39.2. The third-order valence-electron chi connectivity index (χ3n) is 3.85. The van der Waals surface area contributed by atoms with E-state index in [2.05, 4.69) is 10.6 Å². The van der Waals surface area contributed by atoms with E-state index in [4.69, 9.17) is 4.74 Å². The largest absolute Gasteiger partial charge is 0.494 e. The number of nitrogens with zero attached hydrogens (tertiary/aromatic N) is 2. The molecule has 0 radical (unpaired) electrons. The molecule has 0 bridgehead atoms. The molecule has 8 nitrogen and oxygen atoms in total. The lowest BCUT2D eigenvalue weighted by Gasteiger charge is -2.19. The van der Waals surface area contributed by atoms with Crippen LogP contribution in [0.3, 0.4) is 0 Å². The summed E-state index contributed by atoms with van der Waals surface area (Å²) in [6, 6.07) is 4.96. The van der Waals surface area contributed by atoms with Crippen molar-refractivity contribution >= 4 is 29.1 Å². The van der Waals surface area contributed by atoms with Crippen LogP contribution in [0, 0.1) is 0 Å². The number of methoxy groups -OCH3 is 1. The van der Waals surface area contributed by atoms with E-state index >= 15 is 0 Å². The molecular formula is C17H24N4O4. The molecule has 1 aliphatic heterocycles. The highest BCUT2D eigenvalue weighted by molar-refractivity contribution is 6.39. The molecule has 1 aliphatic rings. The molecule has 0 aromatic heterocycles. The molecule has 3 amide bonds. The second kappa shape index (κ2) is 8.48. The van der Waals surface area contributed by atoms with Gasteiger partial charge in [0.1, 0.15) is 5.75 Å². The monoisotopic (exact) mass is 348 g/mol. The fraction of sp³-hybridized carbons (Fsp3) is 0.471. The normalized spacial score (nSPS) is 13.9. The lowest BCUT2D eigenvalue weighted by Crippen LogP contribution is -2.38. The maximum atomic E-state index is 11.9. The summed E-state index contributed by atoms with van der Waals surface area (Å²) in [5.74, 6) is -0.915. The van der Waals surface area contributed by atoms with Gasteiger partial charge < -0.3 is 25.2 Å². The van der Waals surface area contributed by atoms with E-state index in [1.165, 1.54) is 7.11 Å². The number of hydrogen-bond acceptors (Lipinski definition) is 5. The maximum absolute atomic E-state index is 11.9. The quantitative estimate of drug-likeness (QED) is 0.728. The Bertz CT molecular complexity index is 660. The van der Waals surface area contributed by atoms with Gasteiger partial charge in [-0.1, -0.05) is 0 Å². The predicted octanol–water partition coefficient (Wildman–Crippen LogP) is 0.438. The summed E-state index contributed by atoms with van der Waals surface area (Å²) < 4.78 is 5.33. The van der Waals surface area contributed by atoms with Gasteiger partial charge in [-0.3, -0.25) is 14.4 Å². The summed E-state index contributed by atoms with van der Waals surface area (Å²) in [6.45, 7) is 1.68. The molecular weight excluding hydrogens is 324 g/mol. The van der Waals surface area contributed by atoms with Crippen molar-refractivity contribution in [3.8, 4) is 5.75 Å². The molecule has 8 heteroatoms. The van der Waals surface area contributed by atoms with Crippen LogP contribution in [0.2, 0.25) is 0 Å². The Morgan fingerprint density at radius 1 is 1.28 bits per heavy atom. The van der Waals surface area contributed by atoms with E-state index in [9.17, 15) is 14.4 Å². The Balaban J connectivity index is 2.01. The molecule has 2 N–H and O–H groups in total. The minimum atomic E-state index is -0.745. The molecule has 1 aromatic carbocycles. The van der Waals surface area contributed by atoms with Crippen LogP contribution in [0.25, 0.3) is 0 Å². The fourth-order valence-electron chi connectivity index (χ4n) is 2.54. The standard InChI is InChI=1S/C17H24N4O4/c1-20(2)10-8-18-16(23)17(24)19-12-6-7-13(14(11-12)25-3)21-9-4-5-15(21)22/h6-7,11H,4-5,8-10H2,1-3H3,(H,18,23)(H,19,24). The SMILES string of the molecule is COc1cc(NC(=O)C(=O)NCCN(C)C)ccc1N1CCCC1=O. The van der Waals surface area contributed by atoms with Crippen molar-refractivity contribution in [2.45, 2.75) is 12.8 Å². The molecule has 0 aliphatic carbocycles. The number of anilines is 2. The van der Waals surface area contributed by atoms with Crippen LogP contribution in [0.1, 0.15) is 12.8 Å². The first kappa shape index (κ1) is 18.7. The van der Waals surface area contributed by atoms with Crippen molar-refractivity contribution in [3.05, 3.63) is 18.2 Å². The van der Waals surface area contributed by atoms with Crippen LogP contribution in [-0.2, 0) is 14.4 Å². The summed E-state index contributed by atoms with van der Waals surface area (Å²) in [7, 11) is 5.26. The number of nitrogens with one attached hydrogen (secondary N) is 2. The Morgan fingerprint density at radius 2 is 2.04 bits per heavy atom. The molecule has 2 rings (SSSR count). The third-order valence-corrected chi connectivity index (χ3v) is 3.85. The van der Waals surface area contributed by atoms with Gasteiger partial charge in [0.15, 0.2) is 0 Å². The fourth-order valence-corrected chi connectivity index (χ4v) is 2.54. The highest BCUT2D eigenvalue weighted by atomic mass is 16.5. The lowest BCUT2D eigenvalue weighted by molar-refractivity contribution is -0.136. The Hall–Kier alpha value is -2.61. The topological polar surface area (TPSA) is 91.0 Å². The molecule has 0 spiro atoms. The van der Waals surface area contributed by atoms with Crippen molar-refractivity contribution in [2.24, 2.45) is 0 Å². The molecule has 25 heavy (non-hydrogen) atoms. The molecule has 0 atom stereocenters. The first-order valence-corrected chi connectivity index (χ1v) is 8.14. The van der Waals surface area contributed by atoms with Gasteiger partial charge in [0.25, 0.3) is 0 Å². The zero-order valence-corrected chi connectivity index (χ0v) is 14.8. The molecule has 1 saturated heterocycles. The lowest BCUT2D eigenvalue weighted by atomic mass is 10.2. The first-order chi connectivity index (χ1) is 11.9. The average molecular weight is 348 g/mol. The number of carbonyl (C=O) groups excluding carboxylic acids is 3. The number of likely N-dealkylation sites (N-methyl/N-ethyl adjacent to an activating group) is 1. The van der Waals surface area contributed by atoms with Crippen LogP contribution in [-0.4, -0.2) is 63.5 Å². The average Bonchev–Trinajstić information content (AvgIpc) is 3.00. The second-order valence-corrected chi connectivity index (χ2v) is 6.05. The maximum Gasteiger partial charge on any atom is 0.313 e. The number of carbonyl (C=O) groups is 3. The number of amides is 3. The minimum Gasteiger partial charge on any atom is -0.494 e. The minimum absolute atomic E-state index is 0.0513. The van der Waals surface area contributed by atoms with Crippen molar-refractivity contribution in [1.82, 2.24) is 10.2 Å². The molecule has 1 fully saturated rings. The van der Waals surface area contributed by atoms with E-state index < -0.39 is 11.8 Å². The van der Waals surface area contributed by atoms with E-state index in [1.54, 1.807) is 23.1 Å². The summed E-state index contributed by atoms with van der Waals surface area (Å²) >= 11 is 0. The zero-order valence-electron chi connectivity index (χ0n) is 14.8. The molecule has 1 aromatic rings. The Kier molecular flexibility index (Phi) is 6.35. The van der Waals surface area contributed by atoms with Gasteiger partial charge in [-0.25, -0.2) is 0 Å². The summed E-state index contributed by atoms with van der Waals surface area (Å²) in [5, 5.41) is 5.08. The van der Waals surface area contributed by atoms with Gasteiger partial charge in [0.2, 0.25) is 5.91 Å². The Morgan fingerprint density at radius 3 is 2.64 bits per heavy atom. The Labute approximate surface area is 147 Å². The smallest absolute Gasteiger partial charge is 0.313 e. The van der Waals surface area contributed by atoms with Gasteiger partial charge in [-0.05, 0) is 32.6 Å². The van der Waals surface area contributed by atoms with Gasteiger partial charge in [0, 0.05) is 37.8 Å². The van der Waals surface area contributed by atoms with E-state index in [1.807, 2.05) is 19.0 Å². The highest BCUT2D eigenvalue weighted by Crippen LogP contribution is 2.33. The molecule has 136 valence electrons. The van der Waals surface area contributed by atoms with Crippen molar-refractivity contribution in [2.75, 3.05) is 51.1 Å². The van der Waals surface area contributed by atoms with E-state index in [0.29, 0.717) is 43.2 Å². The van der Waals surface area contributed by atoms with Gasteiger partial charge >= 0.3 is 11.8 Å². The van der Waals surface area contributed by atoms with Gasteiger partial charge in [-0.2, -0.15) is 0 Å². The zero-order chi connectivity index (χ0) is 18.4. The van der Waals surface area contributed by atoms with Crippen LogP contribution >= 0.6 is 0 Å². The summed E-state index contributed by atoms with van der Waals surface area (Å²) in [5.41, 5.74) is 1.10. The summed E-state index contributed by atoms with van der Waals surface area (Å²) in [6.07, 6.45) is 1.34. The van der Waals surface area contributed by atoms with Crippen LogP contribution < -0.4 is 20.3 Å². The molecule has 0 saturated carbocycles. The van der Waals surface area contributed by atoms with Crippen molar-refractivity contribution in [1.29, 1.82) is 0 Å².